The summed E-state index contributed by atoms with van der Waals surface area (Å²) >= 11 is 0. The molecule has 2 rings (SSSR count). The van der Waals surface area contributed by atoms with Crippen molar-refractivity contribution in [3.05, 3.63) is 41.7 Å². The number of anilines is 1. The lowest BCUT2D eigenvalue weighted by Crippen LogP contribution is -1.98. The van der Waals surface area contributed by atoms with Crippen LogP contribution in [0.3, 0.4) is 0 Å². The van der Waals surface area contributed by atoms with E-state index in [9.17, 15) is 0 Å². The third-order valence-corrected chi connectivity index (χ3v) is 2.22. The van der Waals surface area contributed by atoms with E-state index in [4.69, 9.17) is 15.7 Å². The number of aryl methyl sites for hydroxylation is 1. The number of rotatable bonds is 2. The van der Waals surface area contributed by atoms with Crippen molar-refractivity contribution in [3.63, 3.8) is 0 Å². The zero-order valence-corrected chi connectivity index (χ0v) is 9.21. The van der Waals surface area contributed by atoms with Gasteiger partial charge in [0.05, 0.1) is 11.6 Å². The molecule has 0 radical (unpaired) electrons. The van der Waals surface area contributed by atoms with E-state index in [1.807, 2.05) is 13.0 Å². The fourth-order valence-corrected chi connectivity index (χ4v) is 1.30. The van der Waals surface area contributed by atoms with Crippen LogP contribution in [0.25, 0.3) is 0 Å². The molecular weight excluding hydrogens is 216 g/mol. The van der Waals surface area contributed by atoms with Crippen molar-refractivity contribution in [2.75, 3.05) is 5.73 Å². The second-order valence-corrected chi connectivity index (χ2v) is 3.44. The van der Waals surface area contributed by atoms with Crippen LogP contribution >= 0.6 is 0 Å². The van der Waals surface area contributed by atoms with E-state index in [1.54, 1.807) is 18.2 Å². The SMILES string of the molecule is Cc1ccc(C#N)cc1Oc1nccnc1N. The van der Waals surface area contributed by atoms with Crippen LogP contribution in [0.4, 0.5) is 5.82 Å². The number of ether oxygens (including phenoxy) is 1. The van der Waals surface area contributed by atoms with Crippen molar-refractivity contribution >= 4 is 5.82 Å². The number of benzene rings is 1. The number of nitrogen functional groups attached to an aromatic ring is 1. The van der Waals surface area contributed by atoms with Crippen LogP contribution in [0.5, 0.6) is 11.6 Å². The lowest BCUT2D eigenvalue weighted by atomic mass is 10.1. The fraction of sp³-hybridized carbons (Fsp3) is 0.0833. The smallest absolute Gasteiger partial charge is 0.262 e. The van der Waals surface area contributed by atoms with Gasteiger partial charge in [-0.25, -0.2) is 9.97 Å². The fourth-order valence-electron chi connectivity index (χ4n) is 1.30. The standard InChI is InChI=1S/C12H10N4O/c1-8-2-3-9(7-13)6-10(8)17-12-11(14)15-4-5-16-12/h2-6H,1H3,(H2,14,15). The van der Waals surface area contributed by atoms with Gasteiger partial charge in [-0.1, -0.05) is 6.07 Å². The second-order valence-electron chi connectivity index (χ2n) is 3.44. The van der Waals surface area contributed by atoms with Gasteiger partial charge in [-0.15, -0.1) is 0 Å². The number of hydrogen-bond donors (Lipinski definition) is 1. The molecule has 1 aromatic heterocycles. The van der Waals surface area contributed by atoms with Crippen LogP contribution in [0.15, 0.2) is 30.6 Å². The van der Waals surface area contributed by atoms with E-state index in [1.165, 1.54) is 12.4 Å². The van der Waals surface area contributed by atoms with Gasteiger partial charge in [-0.3, -0.25) is 0 Å². The van der Waals surface area contributed by atoms with Crippen molar-refractivity contribution in [2.24, 2.45) is 0 Å². The van der Waals surface area contributed by atoms with Crippen LogP contribution in [-0.2, 0) is 0 Å². The first kappa shape index (κ1) is 10.9. The molecule has 0 fully saturated rings. The lowest BCUT2D eigenvalue weighted by Gasteiger charge is -2.08. The lowest BCUT2D eigenvalue weighted by molar-refractivity contribution is 0.459. The van der Waals surface area contributed by atoms with E-state index in [0.717, 1.165) is 5.56 Å². The molecule has 0 aliphatic heterocycles. The van der Waals surface area contributed by atoms with E-state index in [0.29, 0.717) is 11.3 Å². The Morgan fingerprint density at radius 1 is 1.29 bits per heavy atom. The quantitative estimate of drug-likeness (QED) is 0.846. The Morgan fingerprint density at radius 2 is 2.06 bits per heavy atom. The minimum absolute atomic E-state index is 0.217. The molecule has 0 saturated carbocycles. The number of aromatic nitrogens is 2. The summed E-state index contributed by atoms with van der Waals surface area (Å²) in [6.07, 6.45) is 2.98. The molecule has 1 aromatic carbocycles. The van der Waals surface area contributed by atoms with Crippen LogP contribution in [0, 0.1) is 18.3 Å². The van der Waals surface area contributed by atoms with Gasteiger partial charge in [0.15, 0.2) is 5.82 Å². The summed E-state index contributed by atoms with van der Waals surface area (Å²) in [7, 11) is 0. The molecule has 0 atom stereocenters. The molecule has 17 heavy (non-hydrogen) atoms. The topological polar surface area (TPSA) is 84.8 Å². The van der Waals surface area contributed by atoms with Gasteiger partial charge >= 0.3 is 0 Å². The summed E-state index contributed by atoms with van der Waals surface area (Å²) in [5, 5.41) is 8.82. The molecule has 2 N–H and O–H groups in total. The van der Waals surface area contributed by atoms with Crippen molar-refractivity contribution in [1.29, 1.82) is 5.26 Å². The van der Waals surface area contributed by atoms with Gasteiger partial charge in [0.25, 0.3) is 5.88 Å². The number of nitriles is 1. The molecule has 0 spiro atoms. The van der Waals surface area contributed by atoms with Gasteiger partial charge in [-0.2, -0.15) is 5.26 Å². The average molecular weight is 226 g/mol. The van der Waals surface area contributed by atoms with Crippen molar-refractivity contribution < 1.29 is 4.74 Å². The van der Waals surface area contributed by atoms with E-state index >= 15 is 0 Å². The van der Waals surface area contributed by atoms with Gasteiger partial charge < -0.3 is 10.5 Å². The first-order chi connectivity index (χ1) is 8.20. The molecule has 5 heteroatoms. The Hall–Kier alpha value is -2.61. The predicted octanol–water partition coefficient (Wildman–Crippen LogP) is 2.03. The molecule has 1 heterocycles. The highest BCUT2D eigenvalue weighted by Crippen LogP contribution is 2.26. The third-order valence-electron chi connectivity index (χ3n) is 2.22. The highest BCUT2D eigenvalue weighted by molar-refractivity contribution is 5.47. The molecule has 84 valence electrons. The Balaban J connectivity index is 2.37. The van der Waals surface area contributed by atoms with Gasteiger partial charge in [0.2, 0.25) is 0 Å². The largest absolute Gasteiger partial charge is 0.436 e. The second kappa shape index (κ2) is 4.49. The summed E-state index contributed by atoms with van der Waals surface area (Å²) in [5.74, 6) is 1.01. The molecule has 0 bridgehead atoms. The molecular formula is C12H10N4O. The first-order valence-electron chi connectivity index (χ1n) is 4.96. The molecule has 0 amide bonds. The average Bonchev–Trinajstić information content (AvgIpc) is 2.35. The zero-order valence-electron chi connectivity index (χ0n) is 9.21. The van der Waals surface area contributed by atoms with E-state index < -0.39 is 0 Å². The zero-order chi connectivity index (χ0) is 12.3. The highest BCUT2D eigenvalue weighted by Gasteiger charge is 2.07. The van der Waals surface area contributed by atoms with Gasteiger partial charge in [-0.05, 0) is 24.6 Å². The van der Waals surface area contributed by atoms with E-state index in [2.05, 4.69) is 9.97 Å². The summed E-state index contributed by atoms with van der Waals surface area (Å²) in [4.78, 5) is 7.85. The number of hydrogen-bond acceptors (Lipinski definition) is 5. The molecule has 0 aliphatic carbocycles. The third kappa shape index (κ3) is 2.32. The maximum Gasteiger partial charge on any atom is 0.262 e. The molecule has 0 unspecified atom stereocenters. The molecule has 0 saturated heterocycles. The molecule has 2 aromatic rings. The van der Waals surface area contributed by atoms with Crippen molar-refractivity contribution in [3.8, 4) is 17.7 Å². The summed E-state index contributed by atoms with van der Waals surface area (Å²) in [6, 6.07) is 7.22. The van der Waals surface area contributed by atoms with Gasteiger partial charge in [0.1, 0.15) is 5.75 Å². The van der Waals surface area contributed by atoms with Crippen molar-refractivity contribution in [1.82, 2.24) is 9.97 Å². The Morgan fingerprint density at radius 3 is 2.76 bits per heavy atom. The predicted molar refractivity (Wildman–Crippen MR) is 62.4 cm³/mol. The van der Waals surface area contributed by atoms with Gasteiger partial charge in [0, 0.05) is 12.4 Å². The number of nitrogens with zero attached hydrogens (tertiary/aromatic N) is 3. The number of nitrogens with two attached hydrogens (primary N) is 1. The normalized spacial score (nSPS) is 9.65. The maximum absolute atomic E-state index is 8.82. The van der Waals surface area contributed by atoms with Crippen LogP contribution in [0.2, 0.25) is 0 Å². The van der Waals surface area contributed by atoms with Crippen LogP contribution in [-0.4, -0.2) is 9.97 Å². The minimum atomic E-state index is 0.217. The molecule has 0 aliphatic rings. The minimum Gasteiger partial charge on any atom is -0.436 e. The van der Waals surface area contributed by atoms with E-state index in [-0.39, 0.29) is 11.7 Å². The summed E-state index contributed by atoms with van der Waals surface area (Å²) < 4.78 is 5.53. The van der Waals surface area contributed by atoms with Crippen LogP contribution in [0.1, 0.15) is 11.1 Å². The highest BCUT2D eigenvalue weighted by atomic mass is 16.5. The summed E-state index contributed by atoms with van der Waals surface area (Å²) in [5.41, 5.74) is 7.04. The van der Waals surface area contributed by atoms with Crippen LogP contribution < -0.4 is 10.5 Å². The Bertz CT molecular complexity index is 589. The molecule has 5 nitrogen and oxygen atoms in total. The Labute approximate surface area is 98.5 Å². The monoisotopic (exact) mass is 226 g/mol. The maximum atomic E-state index is 8.82. The Kier molecular flexibility index (Phi) is 2.88. The summed E-state index contributed by atoms with van der Waals surface area (Å²) in [6.45, 7) is 1.88. The van der Waals surface area contributed by atoms with Crippen molar-refractivity contribution in [2.45, 2.75) is 6.92 Å². The first-order valence-corrected chi connectivity index (χ1v) is 4.96.